The molecule has 0 aliphatic carbocycles. The molecule has 1 saturated heterocycles. The summed E-state index contributed by atoms with van der Waals surface area (Å²) in [5, 5.41) is 3.14. The molecular formula is C13H23N3O. The van der Waals surface area contributed by atoms with Crippen molar-refractivity contribution in [2.45, 2.75) is 25.7 Å². The average Bonchev–Trinajstić information content (AvgIpc) is 2.90. The molecule has 1 fully saturated rings. The van der Waals surface area contributed by atoms with Gasteiger partial charge in [-0.15, -0.1) is 0 Å². The van der Waals surface area contributed by atoms with Crippen LogP contribution in [0.1, 0.15) is 24.5 Å². The molecule has 4 heteroatoms. The predicted octanol–water partition coefficient (Wildman–Crippen LogP) is 1.32. The summed E-state index contributed by atoms with van der Waals surface area (Å²) >= 11 is 0. The van der Waals surface area contributed by atoms with Crippen molar-refractivity contribution in [2.24, 2.45) is 5.92 Å². The first-order valence-corrected chi connectivity index (χ1v) is 6.54. The van der Waals surface area contributed by atoms with Gasteiger partial charge in [-0.1, -0.05) is 0 Å². The molecule has 17 heavy (non-hydrogen) atoms. The number of likely N-dealkylation sites (tertiary alicyclic amines) is 1. The Morgan fingerprint density at radius 3 is 3.18 bits per heavy atom. The second kappa shape index (κ2) is 6.17. The van der Waals surface area contributed by atoms with Gasteiger partial charge >= 0.3 is 0 Å². The first-order chi connectivity index (χ1) is 8.28. The van der Waals surface area contributed by atoms with Crippen LogP contribution in [0.15, 0.2) is 10.6 Å². The zero-order chi connectivity index (χ0) is 12.1. The van der Waals surface area contributed by atoms with Gasteiger partial charge in [0, 0.05) is 19.4 Å². The van der Waals surface area contributed by atoms with E-state index in [1.807, 2.05) is 13.2 Å². The molecule has 1 unspecified atom stereocenters. The maximum absolute atomic E-state index is 5.77. The SMILES string of the molecule is CNCCCc1cnc(CC2CCN(C)C2)o1. The summed E-state index contributed by atoms with van der Waals surface area (Å²) in [4.78, 5) is 6.75. The molecule has 0 bridgehead atoms. The van der Waals surface area contributed by atoms with Crippen molar-refractivity contribution in [3.05, 3.63) is 17.8 Å². The predicted molar refractivity (Wildman–Crippen MR) is 68.1 cm³/mol. The van der Waals surface area contributed by atoms with E-state index in [1.54, 1.807) is 0 Å². The van der Waals surface area contributed by atoms with E-state index in [-0.39, 0.29) is 0 Å². The van der Waals surface area contributed by atoms with Crippen LogP contribution in [0.25, 0.3) is 0 Å². The molecule has 0 aromatic carbocycles. The van der Waals surface area contributed by atoms with Crippen molar-refractivity contribution >= 4 is 0 Å². The van der Waals surface area contributed by atoms with Crippen molar-refractivity contribution in [3.8, 4) is 0 Å². The zero-order valence-corrected chi connectivity index (χ0v) is 10.9. The van der Waals surface area contributed by atoms with Crippen molar-refractivity contribution in [3.63, 3.8) is 0 Å². The highest BCUT2D eigenvalue weighted by atomic mass is 16.4. The topological polar surface area (TPSA) is 41.3 Å². The van der Waals surface area contributed by atoms with E-state index < -0.39 is 0 Å². The summed E-state index contributed by atoms with van der Waals surface area (Å²) in [6.07, 6.45) is 6.25. The summed E-state index contributed by atoms with van der Waals surface area (Å²) in [6.45, 7) is 3.42. The fraction of sp³-hybridized carbons (Fsp3) is 0.769. The Balaban J connectivity index is 1.77. The first kappa shape index (κ1) is 12.6. The zero-order valence-electron chi connectivity index (χ0n) is 10.9. The summed E-state index contributed by atoms with van der Waals surface area (Å²) in [5.41, 5.74) is 0. The summed E-state index contributed by atoms with van der Waals surface area (Å²) in [7, 11) is 4.15. The van der Waals surface area contributed by atoms with E-state index in [0.29, 0.717) is 0 Å². The third kappa shape index (κ3) is 3.82. The van der Waals surface area contributed by atoms with Gasteiger partial charge in [-0.3, -0.25) is 0 Å². The number of hydrogen-bond donors (Lipinski definition) is 1. The molecule has 1 atom stereocenters. The van der Waals surface area contributed by atoms with Crippen molar-refractivity contribution in [2.75, 3.05) is 33.7 Å². The molecule has 1 aliphatic rings. The minimum Gasteiger partial charge on any atom is -0.446 e. The number of oxazole rings is 1. The van der Waals surface area contributed by atoms with Crippen LogP contribution in [-0.2, 0) is 12.8 Å². The van der Waals surface area contributed by atoms with E-state index in [1.165, 1.54) is 19.5 Å². The monoisotopic (exact) mass is 237 g/mol. The molecule has 1 aromatic rings. The summed E-state index contributed by atoms with van der Waals surface area (Å²) < 4.78 is 5.77. The third-order valence-corrected chi connectivity index (χ3v) is 3.40. The van der Waals surface area contributed by atoms with Gasteiger partial charge in [0.05, 0.1) is 6.20 Å². The van der Waals surface area contributed by atoms with Gasteiger partial charge in [0.25, 0.3) is 0 Å². The van der Waals surface area contributed by atoms with E-state index in [0.717, 1.165) is 43.4 Å². The second-order valence-corrected chi connectivity index (χ2v) is 5.05. The number of aromatic nitrogens is 1. The van der Waals surface area contributed by atoms with Crippen LogP contribution < -0.4 is 5.32 Å². The lowest BCUT2D eigenvalue weighted by Gasteiger charge is -2.07. The standard InChI is InChI=1S/C13H23N3O/c1-14-6-3-4-12-9-15-13(17-12)8-11-5-7-16(2)10-11/h9,11,14H,3-8,10H2,1-2H3. The smallest absolute Gasteiger partial charge is 0.194 e. The number of aryl methyl sites for hydroxylation is 1. The molecule has 2 heterocycles. The van der Waals surface area contributed by atoms with Crippen molar-refractivity contribution < 1.29 is 4.42 Å². The van der Waals surface area contributed by atoms with E-state index >= 15 is 0 Å². The highest BCUT2D eigenvalue weighted by molar-refractivity contribution is 4.96. The second-order valence-electron chi connectivity index (χ2n) is 5.05. The Morgan fingerprint density at radius 2 is 2.47 bits per heavy atom. The quantitative estimate of drug-likeness (QED) is 0.758. The highest BCUT2D eigenvalue weighted by Gasteiger charge is 2.21. The van der Waals surface area contributed by atoms with Gasteiger partial charge in [-0.2, -0.15) is 0 Å². The van der Waals surface area contributed by atoms with Gasteiger partial charge in [0.15, 0.2) is 5.89 Å². The molecule has 1 aliphatic heterocycles. The molecule has 4 nitrogen and oxygen atoms in total. The Hall–Kier alpha value is -0.870. The van der Waals surface area contributed by atoms with E-state index in [2.05, 4.69) is 22.2 Å². The first-order valence-electron chi connectivity index (χ1n) is 6.54. The molecular weight excluding hydrogens is 214 g/mol. The molecule has 0 amide bonds. The van der Waals surface area contributed by atoms with Crippen LogP contribution in [0.4, 0.5) is 0 Å². The maximum Gasteiger partial charge on any atom is 0.194 e. The van der Waals surface area contributed by atoms with Crippen LogP contribution in [0.5, 0.6) is 0 Å². The van der Waals surface area contributed by atoms with Crippen molar-refractivity contribution in [1.29, 1.82) is 0 Å². The van der Waals surface area contributed by atoms with Crippen LogP contribution >= 0.6 is 0 Å². The van der Waals surface area contributed by atoms with Crippen LogP contribution in [0, 0.1) is 5.92 Å². The molecule has 1 aromatic heterocycles. The third-order valence-electron chi connectivity index (χ3n) is 3.40. The fourth-order valence-corrected chi connectivity index (χ4v) is 2.44. The highest BCUT2D eigenvalue weighted by Crippen LogP contribution is 2.19. The lowest BCUT2D eigenvalue weighted by Crippen LogP contribution is -2.15. The van der Waals surface area contributed by atoms with Gasteiger partial charge in [0.1, 0.15) is 5.76 Å². The Kier molecular flexibility index (Phi) is 4.57. The van der Waals surface area contributed by atoms with Gasteiger partial charge < -0.3 is 14.6 Å². The van der Waals surface area contributed by atoms with Gasteiger partial charge in [-0.05, 0) is 45.9 Å². The molecule has 96 valence electrons. The molecule has 2 rings (SSSR count). The number of hydrogen-bond acceptors (Lipinski definition) is 4. The van der Waals surface area contributed by atoms with Crippen LogP contribution in [0.2, 0.25) is 0 Å². The molecule has 1 N–H and O–H groups in total. The minimum atomic E-state index is 0.726. The van der Waals surface area contributed by atoms with Crippen LogP contribution in [0.3, 0.4) is 0 Å². The van der Waals surface area contributed by atoms with Gasteiger partial charge in [-0.25, -0.2) is 4.98 Å². The largest absolute Gasteiger partial charge is 0.446 e. The van der Waals surface area contributed by atoms with E-state index in [9.17, 15) is 0 Å². The van der Waals surface area contributed by atoms with Crippen molar-refractivity contribution in [1.82, 2.24) is 15.2 Å². The Morgan fingerprint density at radius 1 is 1.59 bits per heavy atom. The van der Waals surface area contributed by atoms with Crippen LogP contribution in [-0.4, -0.2) is 43.6 Å². The molecule has 0 radical (unpaired) electrons. The van der Waals surface area contributed by atoms with E-state index in [4.69, 9.17) is 4.42 Å². The Labute approximate surface area is 103 Å². The van der Waals surface area contributed by atoms with Gasteiger partial charge in [0.2, 0.25) is 0 Å². The lowest BCUT2D eigenvalue weighted by atomic mass is 10.1. The number of nitrogens with zero attached hydrogens (tertiary/aromatic N) is 2. The normalized spacial score (nSPS) is 21.2. The summed E-state index contributed by atoms with van der Waals surface area (Å²) in [5.74, 6) is 2.68. The lowest BCUT2D eigenvalue weighted by molar-refractivity contribution is 0.373. The number of rotatable bonds is 6. The molecule has 0 saturated carbocycles. The fourth-order valence-electron chi connectivity index (χ4n) is 2.44. The maximum atomic E-state index is 5.77. The average molecular weight is 237 g/mol. The number of nitrogens with one attached hydrogen (secondary N) is 1. The minimum absolute atomic E-state index is 0.726. The molecule has 0 spiro atoms. The summed E-state index contributed by atoms with van der Waals surface area (Å²) in [6, 6.07) is 0. The Bertz CT molecular complexity index is 337.